The second-order valence-corrected chi connectivity index (χ2v) is 3.64. The summed E-state index contributed by atoms with van der Waals surface area (Å²) in [6.45, 7) is 2.15. The van der Waals surface area contributed by atoms with E-state index >= 15 is 0 Å². The minimum atomic E-state index is 0.723. The molecule has 15 heavy (non-hydrogen) atoms. The maximum absolute atomic E-state index is 5.64. The maximum Gasteiger partial charge on any atom is 0.227 e. The lowest BCUT2D eigenvalue weighted by molar-refractivity contribution is 0.654. The number of furan rings is 1. The zero-order chi connectivity index (χ0) is 10.3. The van der Waals surface area contributed by atoms with Crippen molar-refractivity contribution >= 4 is 22.1 Å². The highest BCUT2D eigenvalue weighted by molar-refractivity contribution is 6.03. The van der Waals surface area contributed by atoms with Crippen LogP contribution < -0.4 is 0 Å². The molecule has 0 unspecified atom stereocenters. The quantitative estimate of drug-likeness (QED) is 0.596. The number of pyridine rings is 1. The van der Waals surface area contributed by atoms with Gasteiger partial charge in [-0.25, -0.2) is 4.98 Å². The van der Waals surface area contributed by atoms with E-state index in [0.717, 1.165) is 28.5 Å². The van der Waals surface area contributed by atoms with Crippen LogP contribution >= 0.6 is 0 Å². The molecule has 1 aromatic carbocycles. The molecule has 0 saturated heterocycles. The van der Waals surface area contributed by atoms with Crippen molar-refractivity contribution in [2.75, 3.05) is 0 Å². The highest BCUT2D eigenvalue weighted by Crippen LogP contribution is 2.27. The zero-order valence-corrected chi connectivity index (χ0v) is 8.53. The van der Waals surface area contributed by atoms with Gasteiger partial charge in [0.1, 0.15) is 5.58 Å². The van der Waals surface area contributed by atoms with Crippen molar-refractivity contribution in [3.8, 4) is 0 Å². The molecular formula is C13H11NO. The van der Waals surface area contributed by atoms with Crippen molar-refractivity contribution in [2.45, 2.75) is 13.3 Å². The molecule has 2 heterocycles. The Morgan fingerprint density at radius 2 is 2.13 bits per heavy atom. The molecule has 0 spiro atoms. The first-order chi connectivity index (χ1) is 7.38. The Morgan fingerprint density at radius 3 is 3.00 bits per heavy atom. The lowest BCUT2D eigenvalue weighted by atomic mass is 10.1. The van der Waals surface area contributed by atoms with E-state index in [2.05, 4.69) is 24.0 Å². The molecule has 0 N–H and O–H groups in total. The molecule has 0 bridgehead atoms. The van der Waals surface area contributed by atoms with E-state index < -0.39 is 0 Å². The Hall–Kier alpha value is -1.83. The molecule has 0 fully saturated rings. The fourth-order valence-electron chi connectivity index (χ4n) is 1.88. The number of rotatable bonds is 1. The van der Waals surface area contributed by atoms with Gasteiger partial charge in [0, 0.05) is 17.0 Å². The molecule has 0 radical (unpaired) electrons. The molecule has 2 heteroatoms. The summed E-state index contributed by atoms with van der Waals surface area (Å²) in [5.74, 6) is 0. The van der Waals surface area contributed by atoms with E-state index in [0.29, 0.717) is 0 Å². The first-order valence-electron chi connectivity index (χ1n) is 5.14. The average molecular weight is 197 g/mol. The average Bonchev–Trinajstić information content (AvgIpc) is 2.66. The van der Waals surface area contributed by atoms with Crippen LogP contribution in [0.4, 0.5) is 0 Å². The van der Waals surface area contributed by atoms with Crippen LogP contribution in [-0.2, 0) is 6.42 Å². The third kappa shape index (κ3) is 1.22. The molecular weight excluding hydrogens is 186 g/mol. The topological polar surface area (TPSA) is 26.0 Å². The predicted octanol–water partition coefficient (Wildman–Crippen LogP) is 3.54. The van der Waals surface area contributed by atoms with Gasteiger partial charge in [-0.3, -0.25) is 0 Å². The molecule has 0 aliphatic carbocycles. The fraction of sp³-hybridized carbons (Fsp3) is 0.154. The summed E-state index contributed by atoms with van der Waals surface area (Å²) in [7, 11) is 0. The maximum atomic E-state index is 5.64. The highest BCUT2D eigenvalue weighted by Gasteiger charge is 2.06. The molecule has 0 atom stereocenters. The van der Waals surface area contributed by atoms with Crippen molar-refractivity contribution in [3.05, 3.63) is 42.1 Å². The van der Waals surface area contributed by atoms with Crippen LogP contribution in [0.1, 0.15) is 12.5 Å². The van der Waals surface area contributed by atoms with Gasteiger partial charge in [-0.05, 0) is 36.2 Å². The fourth-order valence-corrected chi connectivity index (χ4v) is 1.88. The predicted molar refractivity (Wildman–Crippen MR) is 60.9 cm³/mol. The lowest BCUT2D eigenvalue weighted by Gasteiger charge is -1.94. The second kappa shape index (κ2) is 3.09. The lowest BCUT2D eigenvalue weighted by Crippen LogP contribution is -1.77. The Bertz CT molecular complexity index is 625. The normalized spacial score (nSPS) is 11.3. The molecule has 0 amide bonds. The first kappa shape index (κ1) is 8.48. The summed E-state index contributed by atoms with van der Waals surface area (Å²) < 4.78 is 5.64. The number of fused-ring (bicyclic) bond motifs is 3. The van der Waals surface area contributed by atoms with Crippen molar-refractivity contribution in [3.63, 3.8) is 0 Å². The van der Waals surface area contributed by atoms with Crippen molar-refractivity contribution in [1.82, 2.24) is 4.98 Å². The van der Waals surface area contributed by atoms with Crippen molar-refractivity contribution in [1.29, 1.82) is 0 Å². The van der Waals surface area contributed by atoms with Gasteiger partial charge >= 0.3 is 0 Å². The van der Waals surface area contributed by atoms with E-state index in [1.807, 2.05) is 18.2 Å². The van der Waals surface area contributed by atoms with Crippen LogP contribution in [0.5, 0.6) is 0 Å². The van der Waals surface area contributed by atoms with E-state index in [1.165, 1.54) is 5.56 Å². The van der Waals surface area contributed by atoms with Crippen LogP contribution in [0.3, 0.4) is 0 Å². The van der Waals surface area contributed by atoms with Gasteiger partial charge < -0.3 is 4.42 Å². The molecule has 2 nitrogen and oxygen atoms in total. The van der Waals surface area contributed by atoms with Crippen LogP contribution in [0.15, 0.2) is 40.9 Å². The summed E-state index contributed by atoms with van der Waals surface area (Å²) >= 11 is 0. The summed E-state index contributed by atoms with van der Waals surface area (Å²) in [6.07, 6.45) is 2.80. The zero-order valence-electron chi connectivity index (χ0n) is 8.53. The van der Waals surface area contributed by atoms with Crippen LogP contribution in [0.25, 0.3) is 22.1 Å². The molecule has 0 saturated carbocycles. The minimum Gasteiger partial charge on any atom is -0.438 e. The number of hydrogen-bond acceptors (Lipinski definition) is 2. The summed E-state index contributed by atoms with van der Waals surface area (Å²) in [4.78, 5) is 4.21. The second-order valence-electron chi connectivity index (χ2n) is 3.64. The Balaban J connectivity index is 2.46. The molecule has 74 valence electrons. The number of nitrogens with zero attached hydrogens (tertiary/aromatic N) is 1. The van der Waals surface area contributed by atoms with E-state index in [-0.39, 0.29) is 0 Å². The van der Waals surface area contributed by atoms with Crippen molar-refractivity contribution < 1.29 is 4.42 Å². The van der Waals surface area contributed by atoms with E-state index in [1.54, 1.807) is 6.20 Å². The van der Waals surface area contributed by atoms with Gasteiger partial charge in [-0.15, -0.1) is 0 Å². The smallest absolute Gasteiger partial charge is 0.227 e. The first-order valence-corrected chi connectivity index (χ1v) is 5.14. The molecule has 3 aromatic rings. The number of hydrogen-bond donors (Lipinski definition) is 0. The Labute approximate surface area is 87.5 Å². The third-order valence-corrected chi connectivity index (χ3v) is 2.72. The van der Waals surface area contributed by atoms with Gasteiger partial charge in [0.25, 0.3) is 0 Å². The summed E-state index contributed by atoms with van der Waals surface area (Å²) in [5.41, 5.74) is 2.97. The van der Waals surface area contributed by atoms with Crippen LogP contribution in [-0.4, -0.2) is 4.98 Å². The minimum absolute atomic E-state index is 0.723. The van der Waals surface area contributed by atoms with Crippen LogP contribution in [0, 0.1) is 0 Å². The SMILES string of the molecule is CCc1ccc2oc3ncccc3c2c1. The van der Waals surface area contributed by atoms with Crippen molar-refractivity contribution in [2.24, 2.45) is 0 Å². The number of benzene rings is 1. The van der Waals surface area contributed by atoms with Gasteiger partial charge in [0.15, 0.2) is 0 Å². The molecule has 0 aliphatic heterocycles. The number of aromatic nitrogens is 1. The van der Waals surface area contributed by atoms with Crippen LogP contribution in [0.2, 0.25) is 0 Å². The van der Waals surface area contributed by atoms with Gasteiger partial charge in [0.2, 0.25) is 5.71 Å². The molecule has 3 rings (SSSR count). The third-order valence-electron chi connectivity index (χ3n) is 2.72. The Kier molecular flexibility index (Phi) is 1.75. The highest BCUT2D eigenvalue weighted by atomic mass is 16.3. The van der Waals surface area contributed by atoms with Gasteiger partial charge in [-0.2, -0.15) is 0 Å². The summed E-state index contributed by atoms with van der Waals surface area (Å²) in [5, 5.41) is 2.26. The largest absolute Gasteiger partial charge is 0.438 e. The van der Waals surface area contributed by atoms with Gasteiger partial charge in [-0.1, -0.05) is 13.0 Å². The van der Waals surface area contributed by atoms with E-state index in [9.17, 15) is 0 Å². The van der Waals surface area contributed by atoms with E-state index in [4.69, 9.17) is 4.42 Å². The van der Waals surface area contributed by atoms with Gasteiger partial charge in [0.05, 0.1) is 0 Å². The monoisotopic (exact) mass is 197 g/mol. The Morgan fingerprint density at radius 1 is 1.20 bits per heavy atom. The standard InChI is InChI=1S/C13H11NO/c1-2-9-5-6-12-11(8-9)10-4-3-7-14-13(10)15-12/h3-8H,2H2,1H3. The molecule has 0 aliphatic rings. The molecule has 2 aromatic heterocycles. The summed E-state index contributed by atoms with van der Waals surface area (Å²) in [6, 6.07) is 10.3. The number of aryl methyl sites for hydroxylation is 1.